The Morgan fingerprint density at radius 3 is 2.21 bits per heavy atom. The van der Waals surface area contributed by atoms with Crippen molar-refractivity contribution < 1.29 is 0 Å². The predicted octanol–water partition coefficient (Wildman–Crippen LogP) is 3.46. The number of hydrogen-bond donors (Lipinski definition) is 1. The van der Waals surface area contributed by atoms with Crippen molar-refractivity contribution in [2.24, 2.45) is 23.0 Å². The summed E-state index contributed by atoms with van der Waals surface area (Å²) in [5.41, 5.74) is 6.53. The van der Waals surface area contributed by atoms with Crippen LogP contribution in [0, 0.1) is 17.3 Å². The first-order valence-corrected chi connectivity index (χ1v) is 9.18. The number of nitrogens with zero attached hydrogens (tertiary/aromatic N) is 1. The van der Waals surface area contributed by atoms with E-state index in [2.05, 4.69) is 39.0 Å². The Morgan fingerprint density at radius 1 is 1.21 bits per heavy atom. The summed E-state index contributed by atoms with van der Waals surface area (Å²) in [4.78, 5) is 2.50. The Balaban J connectivity index is 2.47. The number of nitrogens with two attached hydrogens (primary N) is 1. The first-order valence-electron chi connectivity index (χ1n) is 7.79. The third kappa shape index (κ3) is 5.28. The summed E-state index contributed by atoms with van der Waals surface area (Å²) >= 11 is 1.93. The van der Waals surface area contributed by atoms with Crippen LogP contribution in [0.1, 0.15) is 46.5 Å². The molecule has 0 aliphatic heterocycles. The first-order chi connectivity index (χ1) is 8.90. The van der Waals surface area contributed by atoms with E-state index in [-0.39, 0.29) is 0 Å². The fraction of sp³-hybridized carbons (Fsp3) is 1.00. The number of hydrogen-bond acceptors (Lipinski definition) is 3. The highest BCUT2D eigenvalue weighted by Crippen LogP contribution is 2.41. The van der Waals surface area contributed by atoms with E-state index in [1.54, 1.807) is 0 Å². The standard InChI is InChI=1S/C16H34N2S/c1-16(2,3)14-8-6-13(7-9-14)15(12-17)18(4)10-11-19-5/h13-15H,6-12,17H2,1-5H3. The molecule has 19 heavy (non-hydrogen) atoms. The van der Waals surface area contributed by atoms with Crippen molar-refractivity contribution in [2.75, 3.05) is 32.1 Å². The first kappa shape index (κ1) is 17.3. The second-order valence-electron chi connectivity index (χ2n) is 7.25. The molecule has 0 saturated heterocycles. The lowest BCUT2D eigenvalue weighted by Gasteiger charge is -2.41. The molecule has 2 nitrogen and oxygen atoms in total. The predicted molar refractivity (Wildman–Crippen MR) is 88.8 cm³/mol. The molecule has 0 aromatic heterocycles. The lowest BCUT2D eigenvalue weighted by atomic mass is 9.68. The Hall–Kier alpha value is 0.270. The van der Waals surface area contributed by atoms with Crippen LogP contribution in [0.15, 0.2) is 0 Å². The minimum atomic E-state index is 0.480. The van der Waals surface area contributed by atoms with Gasteiger partial charge in [0.2, 0.25) is 0 Å². The third-order valence-corrected chi connectivity index (χ3v) is 5.59. The van der Waals surface area contributed by atoms with Crippen molar-refractivity contribution in [1.29, 1.82) is 0 Å². The van der Waals surface area contributed by atoms with E-state index in [9.17, 15) is 0 Å². The molecule has 1 rings (SSSR count). The van der Waals surface area contributed by atoms with Crippen molar-refractivity contribution in [3.63, 3.8) is 0 Å². The van der Waals surface area contributed by atoms with Crippen molar-refractivity contribution in [1.82, 2.24) is 4.90 Å². The summed E-state index contributed by atoms with van der Waals surface area (Å²) in [6.45, 7) is 9.16. The number of rotatable bonds is 6. The van der Waals surface area contributed by atoms with Gasteiger partial charge in [-0.05, 0) is 56.2 Å². The maximum Gasteiger partial charge on any atom is 0.0243 e. The van der Waals surface area contributed by atoms with E-state index in [0.717, 1.165) is 18.4 Å². The highest BCUT2D eigenvalue weighted by atomic mass is 32.2. The van der Waals surface area contributed by atoms with Gasteiger partial charge in [-0.2, -0.15) is 11.8 Å². The van der Waals surface area contributed by atoms with Gasteiger partial charge in [-0.25, -0.2) is 0 Å². The van der Waals surface area contributed by atoms with E-state index in [1.165, 1.54) is 38.0 Å². The van der Waals surface area contributed by atoms with Crippen LogP contribution in [0.3, 0.4) is 0 Å². The van der Waals surface area contributed by atoms with Crippen LogP contribution in [0.5, 0.6) is 0 Å². The van der Waals surface area contributed by atoms with Crippen molar-refractivity contribution >= 4 is 11.8 Å². The smallest absolute Gasteiger partial charge is 0.0243 e. The van der Waals surface area contributed by atoms with Gasteiger partial charge in [0.1, 0.15) is 0 Å². The molecule has 0 spiro atoms. The zero-order valence-electron chi connectivity index (χ0n) is 13.6. The van der Waals surface area contributed by atoms with Gasteiger partial charge in [0.25, 0.3) is 0 Å². The average Bonchev–Trinajstić information content (AvgIpc) is 2.37. The molecule has 1 unspecified atom stereocenters. The molecule has 0 aromatic rings. The molecule has 1 atom stereocenters. The molecule has 1 aliphatic carbocycles. The van der Waals surface area contributed by atoms with Crippen molar-refractivity contribution in [2.45, 2.75) is 52.5 Å². The van der Waals surface area contributed by atoms with Gasteiger partial charge in [-0.15, -0.1) is 0 Å². The fourth-order valence-electron chi connectivity index (χ4n) is 3.50. The van der Waals surface area contributed by atoms with Gasteiger partial charge in [0, 0.05) is 24.9 Å². The van der Waals surface area contributed by atoms with Gasteiger partial charge >= 0.3 is 0 Å². The Labute approximate surface area is 124 Å². The largest absolute Gasteiger partial charge is 0.329 e. The molecular formula is C16H34N2S. The Morgan fingerprint density at radius 2 is 1.79 bits per heavy atom. The van der Waals surface area contributed by atoms with Gasteiger partial charge in [0.15, 0.2) is 0 Å². The summed E-state index contributed by atoms with van der Waals surface area (Å²) in [6.07, 6.45) is 7.70. The Bertz CT molecular complexity index is 242. The van der Waals surface area contributed by atoms with Gasteiger partial charge in [-0.1, -0.05) is 20.8 Å². The second kappa shape index (κ2) is 7.90. The maximum absolute atomic E-state index is 6.05. The van der Waals surface area contributed by atoms with E-state index in [1.807, 2.05) is 11.8 Å². The highest BCUT2D eigenvalue weighted by molar-refractivity contribution is 7.98. The maximum atomic E-state index is 6.05. The molecular weight excluding hydrogens is 252 g/mol. The highest BCUT2D eigenvalue weighted by Gasteiger charge is 2.33. The third-order valence-electron chi connectivity index (χ3n) is 5.00. The molecule has 1 fully saturated rings. The average molecular weight is 287 g/mol. The van der Waals surface area contributed by atoms with Crippen LogP contribution in [0.4, 0.5) is 0 Å². The minimum Gasteiger partial charge on any atom is -0.329 e. The number of thioether (sulfide) groups is 1. The van der Waals surface area contributed by atoms with Crippen LogP contribution in [0.2, 0.25) is 0 Å². The lowest BCUT2D eigenvalue weighted by molar-refractivity contribution is 0.0978. The van der Waals surface area contributed by atoms with Crippen LogP contribution in [-0.4, -0.2) is 43.1 Å². The normalized spacial score (nSPS) is 26.7. The Kier molecular flexibility index (Phi) is 7.20. The SMILES string of the molecule is CSCCN(C)C(CN)C1CCC(C(C)(C)C)CC1. The summed E-state index contributed by atoms with van der Waals surface area (Å²) in [5, 5.41) is 0. The molecule has 3 heteroatoms. The zero-order chi connectivity index (χ0) is 14.5. The van der Waals surface area contributed by atoms with Crippen LogP contribution >= 0.6 is 11.8 Å². The van der Waals surface area contributed by atoms with E-state index < -0.39 is 0 Å². The lowest BCUT2D eigenvalue weighted by Crippen LogP contribution is -2.46. The quantitative estimate of drug-likeness (QED) is 0.811. The molecule has 0 aromatic carbocycles. The van der Waals surface area contributed by atoms with Gasteiger partial charge in [-0.3, -0.25) is 0 Å². The van der Waals surface area contributed by atoms with Gasteiger partial charge < -0.3 is 10.6 Å². The van der Waals surface area contributed by atoms with E-state index >= 15 is 0 Å². The zero-order valence-corrected chi connectivity index (χ0v) is 14.4. The van der Waals surface area contributed by atoms with E-state index in [4.69, 9.17) is 5.73 Å². The number of likely N-dealkylation sites (N-methyl/N-ethyl adjacent to an activating group) is 1. The fourth-order valence-corrected chi connectivity index (χ4v) is 3.97. The van der Waals surface area contributed by atoms with Crippen molar-refractivity contribution in [3.8, 4) is 0 Å². The summed E-state index contributed by atoms with van der Waals surface area (Å²) in [7, 11) is 2.25. The molecule has 0 heterocycles. The molecule has 114 valence electrons. The molecule has 0 amide bonds. The van der Waals surface area contributed by atoms with Crippen LogP contribution in [-0.2, 0) is 0 Å². The van der Waals surface area contributed by atoms with Gasteiger partial charge in [0.05, 0.1) is 0 Å². The second-order valence-corrected chi connectivity index (χ2v) is 8.24. The summed E-state index contributed by atoms with van der Waals surface area (Å²) in [6, 6.07) is 0.591. The molecule has 0 radical (unpaired) electrons. The van der Waals surface area contributed by atoms with Crippen LogP contribution in [0.25, 0.3) is 0 Å². The summed E-state index contributed by atoms with van der Waals surface area (Å²) in [5.74, 6) is 2.93. The molecule has 0 bridgehead atoms. The molecule has 1 aliphatic rings. The molecule has 2 N–H and O–H groups in total. The minimum absolute atomic E-state index is 0.480. The summed E-state index contributed by atoms with van der Waals surface area (Å²) < 4.78 is 0. The van der Waals surface area contributed by atoms with Crippen molar-refractivity contribution in [3.05, 3.63) is 0 Å². The van der Waals surface area contributed by atoms with E-state index in [0.29, 0.717) is 11.5 Å². The topological polar surface area (TPSA) is 29.3 Å². The molecule has 1 saturated carbocycles. The monoisotopic (exact) mass is 286 g/mol. The van der Waals surface area contributed by atoms with Crippen LogP contribution < -0.4 is 5.73 Å².